The molecule has 5 amide bonds. The molecule has 0 saturated carbocycles. The van der Waals surface area contributed by atoms with E-state index in [2.05, 4.69) is 62.4 Å². The van der Waals surface area contributed by atoms with E-state index in [9.17, 15) is 58.2 Å². The molecule has 1 aliphatic carbocycles. The maximum absolute atomic E-state index is 13.6. The number of hydrogen-bond acceptors (Lipinski definition) is 22. The molecule has 30 heteroatoms. The van der Waals surface area contributed by atoms with Gasteiger partial charge in [0.15, 0.2) is 17.3 Å². The van der Waals surface area contributed by atoms with Crippen LogP contribution < -0.4 is 54.4 Å². The molecule has 3 aromatic rings. The Bertz CT molecular complexity index is 2970. The molecule has 3 unspecified atom stereocenters. The Morgan fingerprint density at radius 2 is 1.64 bits per heavy atom. The number of fused-ring (bicyclic) bond motifs is 5. The van der Waals surface area contributed by atoms with Gasteiger partial charge in [-0.2, -0.15) is 10.1 Å². The third-order valence-corrected chi connectivity index (χ3v) is 14.6. The number of hydrazone groups is 1. The zero-order valence-electron chi connectivity index (χ0n) is 40.2. The molecule has 2 fully saturated rings. The summed E-state index contributed by atoms with van der Waals surface area (Å²) in [6.07, 6.45) is -1.35. The fourth-order valence-electron chi connectivity index (χ4n) is 8.39. The Morgan fingerprint density at radius 3 is 2.36 bits per heavy atom. The topological polar surface area (TPSA) is 437 Å². The smallest absolute Gasteiger partial charge is 0.405 e. The second kappa shape index (κ2) is 24.3. The monoisotopic (exact) mass is 1080 g/mol. The number of carboxylic acid groups (broad SMARTS) is 2. The number of aliphatic carboxylic acids is 2. The van der Waals surface area contributed by atoms with Crippen LogP contribution in [0.3, 0.4) is 0 Å². The van der Waals surface area contributed by atoms with E-state index in [1.54, 1.807) is 26.0 Å². The summed E-state index contributed by atoms with van der Waals surface area (Å²) >= 11 is 0. The number of primary amides is 1. The van der Waals surface area contributed by atoms with E-state index in [1.165, 1.54) is 39.9 Å². The highest BCUT2D eigenvalue weighted by atomic mass is 33.1. The predicted molar refractivity (Wildman–Crippen MR) is 270 cm³/mol. The fourth-order valence-corrected chi connectivity index (χ4v) is 10.3. The molecular weight excluding hydrogens is 1020 g/mol. The standard InChI is InChI=1S/C45H53N15O13S2/c1-19(58-59-29(63)11-13-74-75-14-12-48-31-20(2)36(64)34-30(37(31)65)38(73-45(47)72)35-32-26(54-32)18-60(34)35)3-9-27(61)50-17-25(43(70)71)53-28(62)10-8-24(42(68)69)55-40(66)21-4-6-22(7-5-21)49-15-23-16-51-39-33(52-23)41(67)57-44(46)56-39/h4-7,16,24-26,32,35,38,48-49,54H,3,8-15,17-18H2,1-2H3,(H2,47,72)(H,50,61)(H,53,62)(H,55,66)(H,59,63)(H,68,69)(H,70,71)(H3,46,51,56,57,67)/t24?,25?,26-,32-,35?,38+/m0/s1. The molecule has 75 heavy (non-hydrogen) atoms. The molecule has 2 saturated heterocycles. The number of rotatable bonds is 26. The van der Waals surface area contributed by atoms with E-state index in [0.717, 1.165) is 0 Å². The number of benzene rings is 1. The summed E-state index contributed by atoms with van der Waals surface area (Å²) in [7, 11) is 2.85. The highest BCUT2D eigenvalue weighted by Gasteiger charge is 2.64. The molecule has 0 spiro atoms. The first kappa shape index (κ1) is 54.6. The van der Waals surface area contributed by atoms with E-state index < -0.39 is 78.2 Å². The number of carbonyl (C=O) groups is 9. The average molecular weight is 1080 g/mol. The number of nitrogens with two attached hydrogens (primary N) is 2. The number of carbonyl (C=O) groups excluding carboxylic acids is 7. The van der Waals surface area contributed by atoms with Gasteiger partial charge in [-0.25, -0.2) is 29.8 Å². The molecule has 1 aromatic carbocycles. The Morgan fingerprint density at radius 1 is 0.907 bits per heavy atom. The summed E-state index contributed by atoms with van der Waals surface area (Å²) in [6.45, 7) is 3.68. The number of aromatic amines is 1. The highest BCUT2D eigenvalue weighted by molar-refractivity contribution is 8.76. The van der Waals surface area contributed by atoms with E-state index in [0.29, 0.717) is 41.7 Å². The summed E-state index contributed by atoms with van der Waals surface area (Å²) in [5.41, 5.74) is 15.1. The number of aromatic nitrogens is 4. The van der Waals surface area contributed by atoms with Gasteiger partial charge in [-0.05, 0) is 51.0 Å². The van der Waals surface area contributed by atoms with Gasteiger partial charge in [0, 0.05) is 85.0 Å². The van der Waals surface area contributed by atoms with Gasteiger partial charge in [0.2, 0.25) is 35.2 Å². The van der Waals surface area contributed by atoms with Gasteiger partial charge in [-0.1, -0.05) is 21.6 Å². The van der Waals surface area contributed by atoms with Gasteiger partial charge < -0.3 is 63.2 Å². The van der Waals surface area contributed by atoms with Crippen LogP contribution >= 0.6 is 21.6 Å². The van der Waals surface area contributed by atoms with Crippen molar-refractivity contribution in [2.45, 2.75) is 88.8 Å². The number of amides is 5. The Hall–Kier alpha value is -8.12. The molecule has 4 aliphatic rings. The van der Waals surface area contributed by atoms with Crippen molar-refractivity contribution in [1.29, 1.82) is 0 Å². The summed E-state index contributed by atoms with van der Waals surface area (Å²) < 4.78 is 5.37. The van der Waals surface area contributed by atoms with Gasteiger partial charge in [0.25, 0.3) is 11.5 Å². The number of hydrogen-bond donors (Lipinski definition) is 12. The highest BCUT2D eigenvalue weighted by Crippen LogP contribution is 2.46. The van der Waals surface area contributed by atoms with Crippen LogP contribution in [-0.2, 0) is 44.8 Å². The third kappa shape index (κ3) is 13.7. The lowest BCUT2D eigenvalue weighted by Crippen LogP contribution is -2.49. The van der Waals surface area contributed by atoms with Crippen molar-refractivity contribution in [3.05, 3.63) is 74.6 Å². The molecular formula is C45H53N15O13S2. The van der Waals surface area contributed by atoms with Crippen LogP contribution in [0.25, 0.3) is 11.2 Å². The van der Waals surface area contributed by atoms with Crippen molar-refractivity contribution in [3.63, 3.8) is 0 Å². The number of allylic oxidation sites excluding steroid dienone is 2. The van der Waals surface area contributed by atoms with Crippen LogP contribution in [0.2, 0.25) is 0 Å². The number of piperazine rings is 1. The molecule has 3 aliphatic heterocycles. The SMILES string of the molecule is CC(CCC(=O)NCC(NC(=O)CCC(NC(=O)c1ccc(NCc2cnc3nc(N)[nH]c(=O)c3n2)cc1)C(=O)O)C(=O)O)=NNC(=O)CCSSCCNC1=C(C)C(=O)C2=C(C1=O)[C@@H](OC(N)=O)C1[C@H]3N[C@H]3CN21. The predicted octanol–water partition coefficient (Wildman–Crippen LogP) is -1.63. The number of nitrogens with zero attached hydrogens (tertiary/aromatic N) is 5. The lowest BCUT2D eigenvalue weighted by molar-refractivity contribution is -0.142. The van der Waals surface area contributed by atoms with Gasteiger partial charge in [-0.3, -0.25) is 38.5 Å². The van der Waals surface area contributed by atoms with Crippen molar-refractivity contribution < 1.29 is 58.1 Å². The quantitative estimate of drug-likeness (QED) is 0.0107. The van der Waals surface area contributed by atoms with Crippen molar-refractivity contribution >= 4 is 103 Å². The minimum absolute atomic E-state index is 0.00575. The molecule has 14 N–H and O–H groups in total. The van der Waals surface area contributed by atoms with E-state index in [4.69, 9.17) is 16.2 Å². The Labute approximate surface area is 433 Å². The summed E-state index contributed by atoms with van der Waals surface area (Å²) in [6, 6.07) is 2.66. The first-order valence-electron chi connectivity index (χ1n) is 23.3. The number of ether oxygens (including phenoxy) is 1. The maximum atomic E-state index is 13.6. The zero-order chi connectivity index (χ0) is 54.1. The number of nitrogens with one attached hydrogen (secondary N) is 8. The van der Waals surface area contributed by atoms with Crippen molar-refractivity contribution in [3.8, 4) is 0 Å². The first-order valence-corrected chi connectivity index (χ1v) is 25.8. The first-order chi connectivity index (χ1) is 35.8. The minimum atomic E-state index is -1.56. The number of carboxylic acids is 2. The van der Waals surface area contributed by atoms with Gasteiger partial charge in [0.05, 0.1) is 41.4 Å². The van der Waals surface area contributed by atoms with E-state index in [1.807, 2.05) is 4.90 Å². The van der Waals surface area contributed by atoms with E-state index >= 15 is 0 Å². The van der Waals surface area contributed by atoms with Gasteiger partial charge >= 0.3 is 18.0 Å². The molecule has 0 bridgehead atoms. The number of anilines is 2. The molecule has 6 atom stereocenters. The second-order valence-corrected chi connectivity index (χ2v) is 20.2. The lowest BCUT2D eigenvalue weighted by atomic mass is 9.89. The van der Waals surface area contributed by atoms with Crippen LogP contribution in [-0.4, -0.2) is 161 Å². The van der Waals surface area contributed by atoms with E-state index in [-0.39, 0.29) is 107 Å². The number of Topliss-reactive ketones (excluding diaryl/α,β-unsaturated/α-hetero) is 2. The van der Waals surface area contributed by atoms with Crippen molar-refractivity contribution in [2.24, 2.45) is 10.8 Å². The van der Waals surface area contributed by atoms with Crippen LogP contribution in [0, 0.1) is 0 Å². The second-order valence-electron chi connectivity index (χ2n) is 17.5. The fraction of sp³-hybridized carbons (Fsp3) is 0.422. The molecule has 28 nitrogen and oxygen atoms in total. The van der Waals surface area contributed by atoms with Crippen molar-refractivity contribution in [2.75, 3.05) is 42.2 Å². The Balaban J connectivity index is 0.743. The molecule has 7 rings (SSSR count). The van der Waals surface area contributed by atoms with Crippen LogP contribution in [0.1, 0.15) is 62.0 Å². The number of nitrogen functional groups attached to an aromatic ring is 1. The average Bonchev–Trinajstić information content (AvgIpc) is 3.92. The summed E-state index contributed by atoms with van der Waals surface area (Å²) in [5, 5.41) is 39.8. The maximum Gasteiger partial charge on any atom is 0.405 e. The molecule has 398 valence electrons. The normalized spacial score (nSPS) is 19.3. The largest absolute Gasteiger partial charge is 0.480 e. The van der Waals surface area contributed by atoms with Gasteiger partial charge in [-0.15, -0.1) is 0 Å². The number of H-pyrrole nitrogens is 1. The lowest BCUT2D eigenvalue weighted by Gasteiger charge is -2.26. The van der Waals surface area contributed by atoms with Gasteiger partial charge in [0.1, 0.15) is 12.1 Å². The molecule has 5 heterocycles. The third-order valence-electron chi connectivity index (χ3n) is 12.2. The van der Waals surface area contributed by atoms with Crippen LogP contribution in [0.15, 0.2) is 62.9 Å². The summed E-state index contributed by atoms with van der Waals surface area (Å²) in [5.74, 6) is -5.32. The van der Waals surface area contributed by atoms with Crippen LogP contribution in [0.5, 0.6) is 0 Å². The summed E-state index contributed by atoms with van der Waals surface area (Å²) in [4.78, 5) is 142. The molecule has 2 aromatic heterocycles. The zero-order valence-corrected chi connectivity index (χ0v) is 41.9. The Kier molecular flexibility index (Phi) is 17.7. The van der Waals surface area contributed by atoms with Crippen molar-refractivity contribution in [1.82, 2.24) is 56.8 Å². The minimum Gasteiger partial charge on any atom is -0.480 e. The van der Waals surface area contributed by atoms with Crippen LogP contribution in [0.4, 0.5) is 16.4 Å². The molecule has 0 radical (unpaired) electrons. The number of ketones is 2.